The van der Waals surface area contributed by atoms with Crippen molar-refractivity contribution in [2.75, 3.05) is 6.61 Å². The van der Waals surface area contributed by atoms with Crippen LogP contribution in [0.2, 0.25) is 0 Å². The molecule has 5 nitrogen and oxygen atoms in total. The molecular formula is C17H16FN3O2. The summed E-state index contributed by atoms with van der Waals surface area (Å²) in [5.41, 5.74) is 1.68. The van der Waals surface area contributed by atoms with Gasteiger partial charge in [0.25, 0.3) is 5.56 Å². The molecule has 0 N–H and O–H groups in total. The van der Waals surface area contributed by atoms with E-state index < -0.39 is 0 Å². The van der Waals surface area contributed by atoms with Gasteiger partial charge in [-0.1, -0.05) is 12.1 Å². The lowest BCUT2D eigenvalue weighted by Crippen LogP contribution is -2.15. The number of halogens is 1. The molecular weight excluding hydrogens is 297 g/mol. The number of benzene rings is 1. The highest BCUT2D eigenvalue weighted by atomic mass is 19.1. The van der Waals surface area contributed by atoms with Gasteiger partial charge in [0.15, 0.2) is 0 Å². The maximum absolute atomic E-state index is 13.9. The first-order valence-electron chi connectivity index (χ1n) is 7.23. The molecule has 0 saturated carbocycles. The van der Waals surface area contributed by atoms with E-state index in [4.69, 9.17) is 4.74 Å². The molecule has 3 aromatic rings. The molecule has 0 spiro atoms. The lowest BCUT2D eigenvalue weighted by molar-refractivity contribution is 0.340. The van der Waals surface area contributed by atoms with Crippen LogP contribution in [0.15, 0.2) is 53.7 Å². The minimum atomic E-state index is -0.354. The van der Waals surface area contributed by atoms with Crippen LogP contribution in [0.3, 0.4) is 0 Å². The Hall–Kier alpha value is -2.89. The van der Waals surface area contributed by atoms with Crippen LogP contribution in [0.5, 0.6) is 5.75 Å². The highest BCUT2D eigenvalue weighted by Gasteiger charge is 2.12. The molecule has 23 heavy (non-hydrogen) atoms. The highest BCUT2D eigenvalue weighted by Crippen LogP contribution is 2.29. The minimum Gasteiger partial charge on any atom is -0.493 e. The fraction of sp³-hybridized carbons (Fsp3) is 0.176. The molecule has 0 aliphatic heterocycles. The molecule has 2 aromatic heterocycles. The SMILES string of the molecule is CCOc1cc(=O)n(C)cc1-c1cnn(-c2ccccc2F)c1. The number of aromatic nitrogens is 3. The number of rotatable bonds is 4. The highest BCUT2D eigenvalue weighted by molar-refractivity contribution is 5.68. The Bertz CT molecular complexity index is 899. The molecule has 0 amide bonds. The average Bonchev–Trinajstić information content (AvgIpc) is 3.01. The minimum absolute atomic E-state index is 0.154. The Labute approximate surface area is 132 Å². The van der Waals surface area contributed by atoms with Crippen LogP contribution in [0.25, 0.3) is 16.8 Å². The average molecular weight is 313 g/mol. The smallest absolute Gasteiger partial charge is 0.254 e. The summed E-state index contributed by atoms with van der Waals surface area (Å²) in [5, 5.41) is 4.21. The Balaban J connectivity index is 2.09. The molecule has 118 valence electrons. The van der Waals surface area contributed by atoms with Crippen LogP contribution >= 0.6 is 0 Å². The van der Waals surface area contributed by atoms with Crippen LogP contribution in [0.1, 0.15) is 6.92 Å². The zero-order chi connectivity index (χ0) is 16.4. The molecule has 6 heteroatoms. The predicted molar refractivity (Wildman–Crippen MR) is 85.4 cm³/mol. The summed E-state index contributed by atoms with van der Waals surface area (Å²) < 4.78 is 22.3. The van der Waals surface area contributed by atoms with Crippen molar-refractivity contribution in [2.24, 2.45) is 7.05 Å². The fourth-order valence-corrected chi connectivity index (χ4v) is 2.34. The summed E-state index contributed by atoms with van der Waals surface area (Å²) in [6.07, 6.45) is 5.02. The van der Waals surface area contributed by atoms with E-state index in [1.54, 1.807) is 43.8 Å². The number of ether oxygens (including phenoxy) is 1. The first-order valence-corrected chi connectivity index (χ1v) is 7.23. The van der Waals surface area contributed by atoms with Crippen LogP contribution in [-0.4, -0.2) is 21.0 Å². The molecule has 0 radical (unpaired) electrons. The summed E-state index contributed by atoms with van der Waals surface area (Å²) in [6, 6.07) is 7.85. The molecule has 0 atom stereocenters. The number of aryl methyl sites for hydroxylation is 1. The molecule has 0 aliphatic rings. The summed E-state index contributed by atoms with van der Waals surface area (Å²) in [6.45, 7) is 2.30. The quantitative estimate of drug-likeness (QED) is 0.744. The van der Waals surface area contributed by atoms with Gasteiger partial charge in [-0.2, -0.15) is 5.10 Å². The number of hydrogen-bond donors (Lipinski definition) is 0. The van der Waals surface area contributed by atoms with E-state index in [9.17, 15) is 9.18 Å². The third-order valence-corrected chi connectivity index (χ3v) is 3.48. The summed E-state index contributed by atoms with van der Waals surface area (Å²) in [4.78, 5) is 11.8. The Morgan fingerprint density at radius 1 is 1.26 bits per heavy atom. The normalized spacial score (nSPS) is 10.7. The molecule has 0 aliphatic carbocycles. The molecule has 0 saturated heterocycles. The van der Waals surface area contributed by atoms with Gasteiger partial charge in [0.2, 0.25) is 0 Å². The van der Waals surface area contributed by atoms with Crippen LogP contribution < -0.4 is 10.3 Å². The Morgan fingerprint density at radius 2 is 2.04 bits per heavy atom. The predicted octanol–water partition coefficient (Wildman–Crippen LogP) is 2.78. The van der Waals surface area contributed by atoms with Gasteiger partial charge in [-0.25, -0.2) is 9.07 Å². The van der Waals surface area contributed by atoms with Gasteiger partial charge in [0, 0.05) is 36.6 Å². The van der Waals surface area contributed by atoms with Crippen molar-refractivity contribution in [3.63, 3.8) is 0 Å². The van der Waals surface area contributed by atoms with E-state index in [1.165, 1.54) is 21.4 Å². The van der Waals surface area contributed by atoms with Crippen molar-refractivity contribution in [3.8, 4) is 22.6 Å². The van der Waals surface area contributed by atoms with E-state index in [0.717, 1.165) is 11.1 Å². The van der Waals surface area contributed by atoms with Crippen molar-refractivity contribution in [1.29, 1.82) is 0 Å². The fourth-order valence-electron chi connectivity index (χ4n) is 2.34. The number of hydrogen-bond acceptors (Lipinski definition) is 3. The largest absolute Gasteiger partial charge is 0.493 e. The zero-order valence-electron chi connectivity index (χ0n) is 12.9. The third kappa shape index (κ3) is 2.88. The molecule has 3 rings (SSSR count). The van der Waals surface area contributed by atoms with Gasteiger partial charge in [0.05, 0.1) is 12.8 Å². The first-order chi connectivity index (χ1) is 11.1. The molecule has 2 heterocycles. The lowest BCUT2D eigenvalue weighted by Gasteiger charge is -2.10. The summed E-state index contributed by atoms with van der Waals surface area (Å²) in [7, 11) is 1.67. The van der Waals surface area contributed by atoms with E-state index in [0.29, 0.717) is 18.0 Å². The maximum Gasteiger partial charge on any atom is 0.254 e. The topological polar surface area (TPSA) is 49.1 Å². The van der Waals surface area contributed by atoms with Crippen molar-refractivity contribution in [1.82, 2.24) is 14.3 Å². The van der Waals surface area contributed by atoms with Crippen LogP contribution in [0.4, 0.5) is 4.39 Å². The van der Waals surface area contributed by atoms with Crippen LogP contribution in [-0.2, 0) is 7.05 Å². The molecule has 0 bridgehead atoms. The van der Waals surface area contributed by atoms with E-state index in [-0.39, 0.29) is 11.4 Å². The monoisotopic (exact) mass is 313 g/mol. The van der Waals surface area contributed by atoms with Gasteiger partial charge in [0.1, 0.15) is 17.3 Å². The zero-order valence-corrected chi connectivity index (χ0v) is 12.9. The summed E-state index contributed by atoms with van der Waals surface area (Å²) in [5.74, 6) is 0.135. The Morgan fingerprint density at radius 3 is 2.78 bits per heavy atom. The molecule has 1 aromatic carbocycles. The van der Waals surface area contributed by atoms with Crippen molar-refractivity contribution in [2.45, 2.75) is 6.92 Å². The lowest BCUT2D eigenvalue weighted by atomic mass is 10.1. The van der Waals surface area contributed by atoms with Gasteiger partial charge in [-0.05, 0) is 19.1 Å². The van der Waals surface area contributed by atoms with Gasteiger partial charge in [-0.3, -0.25) is 4.79 Å². The van der Waals surface area contributed by atoms with Crippen LogP contribution in [0, 0.1) is 5.82 Å². The second-order valence-electron chi connectivity index (χ2n) is 5.06. The van der Waals surface area contributed by atoms with Gasteiger partial charge >= 0.3 is 0 Å². The van der Waals surface area contributed by atoms with Gasteiger partial charge < -0.3 is 9.30 Å². The second kappa shape index (κ2) is 6.08. The maximum atomic E-state index is 13.9. The molecule has 0 unspecified atom stereocenters. The Kier molecular flexibility index (Phi) is 3.97. The summed E-state index contributed by atoms with van der Waals surface area (Å²) >= 11 is 0. The van der Waals surface area contributed by atoms with Crippen molar-refractivity contribution < 1.29 is 9.13 Å². The number of pyridine rings is 1. The van der Waals surface area contributed by atoms with Crippen molar-refractivity contribution in [3.05, 3.63) is 65.1 Å². The third-order valence-electron chi connectivity index (χ3n) is 3.48. The number of para-hydroxylation sites is 1. The molecule has 0 fully saturated rings. The van der Waals surface area contributed by atoms with E-state index >= 15 is 0 Å². The number of nitrogens with zero attached hydrogens (tertiary/aromatic N) is 3. The van der Waals surface area contributed by atoms with Crippen molar-refractivity contribution >= 4 is 0 Å². The van der Waals surface area contributed by atoms with E-state index in [1.807, 2.05) is 6.92 Å². The second-order valence-corrected chi connectivity index (χ2v) is 5.06. The first kappa shape index (κ1) is 15.0. The van der Waals surface area contributed by atoms with E-state index in [2.05, 4.69) is 5.10 Å². The van der Waals surface area contributed by atoms with Gasteiger partial charge in [-0.15, -0.1) is 0 Å². The standard InChI is InChI=1S/C17H16FN3O2/c1-3-23-16-8-17(22)20(2)11-13(16)12-9-19-21(10-12)15-7-5-4-6-14(15)18/h4-11H,3H2,1-2H3.